The number of fused-ring (bicyclic) bond motifs is 1. The Balaban J connectivity index is 1.39. The number of nitrogens with one attached hydrogen (secondary N) is 1. The van der Waals surface area contributed by atoms with Gasteiger partial charge in [0.2, 0.25) is 5.91 Å². The lowest BCUT2D eigenvalue weighted by Crippen LogP contribution is -2.34. The molecule has 1 aliphatic heterocycles. The van der Waals surface area contributed by atoms with Crippen LogP contribution in [0.25, 0.3) is 11.0 Å². The van der Waals surface area contributed by atoms with Gasteiger partial charge < -0.3 is 10.2 Å². The molecule has 23 heavy (non-hydrogen) atoms. The zero-order chi connectivity index (χ0) is 16.1. The Morgan fingerprint density at radius 2 is 2.26 bits per heavy atom. The first-order chi connectivity index (χ1) is 11.2. The molecule has 2 aromatic rings. The van der Waals surface area contributed by atoms with Gasteiger partial charge in [-0.05, 0) is 50.9 Å². The standard InChI is InChI=1S/C17H25N5O/c1-21-11-4-5-14(13-21)8-10-18-17(23)9-12-22-16-7-3-2-6-15(16)19-20-22/h2-3,6-7,14H,4-5,8-13H2,1H3,(H,18,23). The summed E-state index contributed by atoms with van der Waals surface area (Å²) < 4.78 is 1.80. The minimum absolute atomic E-state index is 0.0914. The number of nitrogens with zero attached hydrogens (tertiary/aromatic N) is 4. The number of carbonyl (C=O) groups is 1. The van der Waals surface area contributed by atoms with E-state index in [-0.39, 0.29) is 5.91 Å². The molecule has 1 atom stereocenters. The monoisotopic (exact) mass is 315 g/mol. The number of para-hydroxylation sites is 1. The second-order valence-electron chi connectivity index (χ2n) is 6.46. The lowest BCUT2D eigenvalue weighted by molar-refractivity contribution is -0.121. The molecule has 3 rings (SSSR count). The topological polar surface area (TPSA) is 63.1 Å². The summed E-state index contributed by atoms with van der Waals surface area (Å²) >= 11 is 0. The average molecular weight is 315 g/mol. The van der Waals surface area contributed by atoms with Crippen molar-refractivity contribution in [3.63, 3.8) is 0 Å². The van der Waals surface area contributed by atoms with Crippen molar-refractivity contribution in [2.75, 3.05) is 26.7 Å². The Morgan fingerprint density at radius 3 is 3.13 bits per heavy atom. The summed E-state index contributed by atoms with van der Waals surface area (Å²) in [6.45, 7) is 3.70. The molecule has 1 aromatic carbocycles. The van der Waals surface area contributed by atoms with Gasteiger partial charge >= 0.3 is 0 Å². The van der Waals surface area contributed by atoms with E-state index >= 15 is 0 Å². The Kier molecular flexibility index (Phi) is 5.23. The molecule has 1 aliphatic rings. The van der Waals surface area contributed by atoms with E-state index in [1.807, 2.05) is 24.3 Å². The highest BCUT2D eigenvalue weighted by Gasteiger charge is 2.16. The van der Waals surface area contributed by atoms with Gasteiger partial charge in [-0.3, -0.25) is 4.79 Å². The molecule has 0 aliphatic carbocycles. The number of hydrogen-bond acceptors (Lipinski definition) is 4. The van der Waals surface area contributed by atoms with Gasteiger partial charge in [0.1, 0.15) is 5.52 Å². The number of amides is 1. The Hall–Kier alpha value is -1.95. The van der Waals surface area contributed by atoms with Crippen molar-refractivity contribution in [2.45, 2.75) is 32.2 Å². The third-order valence-corrected chi connectivity index (χ3v) is 4.57. The van der Waals surface area contributed by atoms with E-state index in [0.29, 0.717) is 18.9 Å². The number of likely N-dealkylation sites (tertiary alicyclic amines) is 1. The van der Waals surface area contributed by atoms with Crippen LogP contribution in [0.1, 0.15) is 25.7 Å². The maximum absolute atomic E-state index is 12.0. The molecule has 1 fully saturated rings. The van der Waals surface area contributed by atoms with Crippen molar-refractivity contribution in [1.82, 2.24) is 25.2 Å². The lowest BCUT2D eigenvalue weighted by atomic mass is 9.95. The SMILES string of the molecule is CN1CCCC(CCNC(=O)CCn2nnc3ccccc32)C1. The number of hydrogen-bond donors (Lipinski definition) is 1. The molecule has 1 unspecified atom stereocenters. The fourth-order valence-electron chi connectivity index (χ4n) is 3.30. The molecule has 1 amide bonds. The normalized spacial score (nSPS) is 19.1. The van der Waals surface area contributed by atoms with E-state index in [9.17, 15) is 4.79 Å². The molecule has 6 nitrogen and oxygen atoms in total. The smallest absolute Gasteiger partial charge is 0.221 e. The van der Waals surface area contributed by atoms with Crippen LogP contribution in [-0.4, -0.2) is 52.5 Å². The number of carbonyl (C=O) groups excluding carboxylic acids is 1. The van der Waals surface area contributed by atoms with E-state index in [1.54, 1.807) is 4.68 Å². The van der Waals surface area contributed by atoms with Gasteiger partial charge in [0.25, 0.3) is 0 Å². The molecular weight excluding hydrogens is 290 g/mol. The second-order valence-corrected chi connectivity index (χ2v) is 6.46. The van der Waals surface area contributed by atoms with Crippen molar-refractivity contribution in [1.29, 1.82) is 0 Å². The van der Waals surface area contributed by atoms with Crippen molar-refractivity contribution in [2.24, 2.45) is 5.92 Å². The van der Waals surface area contributed by atoms with Crippen molar-refractivity contribution < 1.29 is 4.79 Å². The molecule has 1 aromatic heterocycles. The van der Waals surface area contributed by atoms with Crippen LogP contribution in [0.4, 0.5) is 0 Å². The van der Waals surface area contributed by atoms with E-state index in [1.165, 1.54) is 19.4 Å². The summed E-state index contributed by atoms with van der Waals surface area (Å²) in [6.07, 6.45) is 4.07. The summed E-state index contributed by atoms with van der Waals surface area (Å²) in [7, 11) is 2.17. The van der Waals surface area contributed by atoms with Crippen molar-refractivity contribution in [3.05, 3.63) is 24.3 Å². The van der Waals surface area contributed by atoms with Crippen LogP contribution in [0.3, 0.4) is 0 Å². The molecular formula is C17H25N5O. The van der Waals surface area contributed by atoms with Crippen LogP contribution in [0.5, 0.6) is 0 Å². The first-order valence-corrected chi connectivity index (χ1v) is 8.46. The van der Waals surface area contributed by atoms with Gasteiger partial charge in [0.05, 0.1) is 12.1 Å². The first-order valence-electron chi connectivity index (χ1n) is 8.46. The Labute approximate surface area is 136 Å². The molecule has 0 spiro atoms. The van der Waals surface area contributed by atoms with E-state index < -0.39 is 0 Å². The molecule has 2 heterocycles. The molecule has 6 heteroatoms. The molecule has 0 radical (unpaired) electrons. The van der Waals surface area contributed by atoms with Crippen LogP contribution in [0.2, 0.25) is 0 Å². The minimum Gasteiger partial charge on any atom is -0.356 e. The predicted octanol–water partition coefficient (Wildman–Crippen LogP) is 1.67. The third kappa shape index (κ3) is 4.28. The summed E-state index contributed by atoms with van der Waals surface area (Å²) in [5.41, 5.74) is 1.85. The predicted molar refractivity (Wildman–Crippen MR) is 90.0 cm³/mol. The fourth-order valence-corrected chi connectivity index (χ4v) is 3.30. The zero-order valence-electron chi connectivity index (χ0n) is 13.7. The number of benzene rings is 1. The minimum atomic E-state index is 0.0914. The van der Waals surface area contributed by atoms with Crippen molar-refractivity contribution in [3.8, 4) is 0 Å². The maximum Gasteiger partial charge on any atom is 0.221 e. The lowest BCUT2D eigenvalue weighted by Gasteiger charge is -2.29. The molecule has 0 saturated carbocycles. The summed E-state index contributed by atoms with van der Waals surface area (Å²) in [5.74, 6) is 0.807. The largest absolute Gasteiger partial charge is 0.356 e. The van der Waals surface area contributed by atoms with Gasteiger partial charge in [0, 0.05) is 19.5 Å². The highest BCUT2D eigenvalue weighted by molar-refractivity contribution is 5.76. The van der Waals surface area contributed by atoms with Crippen LogP contribution in [0.15, 0.2) is 24.3 Å². The van der Waals surface area contributed by atoms with Gasteiger partial charge in [-0.15, -0.1) is 5.10 Å². The van der Waals surface area contributed by atoms with E-state index in [2.05, 4.69) is 27.6 Å². The van der Waals surface area contributed by atoms with Gasteiger partial charge in [-0.2, -0.15) is 0 Å². The van der Waals surface area contributed by atoms with Gasteiger partial charge in [0.15, 0.2) is 0 Å². The molecule has 124 valence electrons. The summed E-state index contributed by atoms with van der Waals surface area (Å²) in [5, 5.41) is 11.3. The van der Waals surface area contributed by atoms with Crippen LogP contribution in [-0.2, 0) is 11.3 Å². The summed E-state index contributed by atoms with van der Waals surface area (Å²) in [6, 6.07) is 7.81. The van der Waals surface area contributed by atoms with Crippen LogP contribution >= 0.6 is 0 Å². The van der Waals surface area contributed by atoms with Crippen LogP contribution < -0.4 is 5.32 Å². The quantitative estimate of drug-likeness (QED) is 0.881. The highest BCUT2D eigenvalue weighted by atomic mass is 16.1. The number of piperidine rings is 1. The first kappa shape index (κ1) is 15.9. The Morgan fingerprint density at radius 1 is 1.39 bits per heavy atom. The van der Waals surface area contributed by atoms with Crippen molar-refractivity contribution >= 4 is 16.9 Å². The number of rotatable bonds is 6. The second kappa shape index (κ2) is 7.55. The Bertz CT molecular complexity index is 653. The average Bonchev–Trinajstić information content (AvgIpc) is 2.96. The molecule has 1 N–H and O–H groups in total. The number of aromatic nitrogens is 3. The highest BCUT2D eigenvalue weighted by Crippen LogP contribution is 2.17. The maximum atomic E-state index is 12.0. The zero-order valence-corrected chi connectivity index (χ0v) is 13.7. The molecule has 0 bridgehead atoms. The third-order valence-electron chi connectivity index (χ3n) is 4.57. The van der Waals surface area contributed by atoms with Gasteiger partial charge in [-0.25, -0.2) is 4.68 Å². The van der Waals surface area contributed by atoms with E-state index in [4.69, 9.17) is 0 Å². The fraction of sp³-hybridized carbons (Fsp3) is 0.588. The van der Waals surface area contributed by atoms with E-state index in [0.717, 1.165) is 30.5 Å². The molecule has 1 saturated heterocycles. The van der Waals surface area contributed by atoms with Crippen LogP contribution in [0, 0.1) is 5.92 Å². The number of aryl methyl sites for hydroxylation is 1. The summed E-state index contributed by atoms with van der Waals surface area (Å²) in [4.78, 5) is 14.4. The van der Waals surface area contributed by atoms with Gasteiger partial charge in [-0.1, -0.05) is 17.3 Å².